The van der Waals surface area contributed by atoms with Gasteiger partial charge in [-0.25, -0.2) is 4.98 Å². The number of carbonyl (C=O) groups excluding carboxylic acids is 1. The molecule has 0 aliphatic carbocycles. The molecule has 25 heavy (non-hydrogen) atoms. The number of anilines is 1. The van der Waals surface area contributed by atoms with E-state index in [9.17, 15) is 4.79 Å². The van der Waals surface area contributed by atoms with E-state index in [-0.39, 0.29) is 5.91 Å². The Bertz CT molecular complexity index is 881. The van der Waals surface area contributed by atoms with Crippen molar-refractivity contribution in [2.75, 3.05) is 12.4 Å². The molecule has 5 heteroatoms. The molecule has 0 aliphatic heterocycles. The van der Waals surface area contributed by atoms with Crippen molar-refractivity contribution in [3.8, 4) is 17.0 Å². The number of aryl methyl sites for hydroxylation is 1. The lowest BCUT2D eigenvalue weighted by atomic mass is 10.1. The highest BCUT2D eigenvalue weighted by molar-refractivity contribution is 7.14. The molecule has 0 radical (unpaired) electrons. The number of hydrogen-bond acceptors (Lipinski definition) is 4. The molecule has 1 N–H and O–H groups in total. The Hall–Kier alpha value is -2.92. The second-order valence-corrected chi connectivity index (χ2v) is 6.36. The van der Waals surface area contributed by atoms with E-state index in [1.54, 1.807) is 13.2 Å². The number of nitrogens with one attached hydrogen (secondary N) is 1. The van der Waals surface area contributed by atoms with Gasteiger partial charge in [-0.15, -0.1) is 11.3 Å². The van der Waals surface area contributed by atoms with E-state index >= 15 is 0 Å². The summed E-state index contributed by atoms with van der Waals surface area (Å²) in [6.45, 7) is 2.05. The summed E-state index contributed by atoms with van der Waals surface area (Å²) in [4.78, 5) is 16.5. The Morgan fingerprint density at radius 1 is 1.12 bits per heavy atom. The average molecular weight is 350 g/mol. The summed E-state index contributed by atoms with van der Waals surface area (Å²) < 4.78 is 5.11. The number of amides is 1. The molecule has 0 aliphatic rings. The minimum Gasteiger partial charge on any atom is -0.497 e. The summed E-state index contributed by atoms with van der Waals surface area (Å²) in [5, 5.41) is 5.31. The van der Waals surface area contributed by atoms with Gasteiger partial charge in [-0.05, 0) is 30.7 Å². The van der Waals surface area contributed by atoms with Crippen LogP contribution in [0.2, 0.25) is 0 Å². The molecule has 0 fully saturated rings. The topological polar surface area (TPSA) is 51.2 Å². The number of benzene rings is 2. The summed E-state index contributed by atoms with van der Waals surface area (Å²) in [6, 6.07) is 15.6. The number of rotatable bonds is 5. The van der Waals surface area contributed by atoms with Gasteiger partial charge in [0.25, 0.3) is 0 Å². The predicted molar refractivity (Wildman–Crippen MR) is 103 cm³/mol. The van der Waals surface area contributed by atoms with Crippen LogP contribution in [0.5, 0.6) is 5.75 Å². The maximum absolute atomic E-state index is 12.0. The van der Waals surface area contributed by atoms with E-state index in [0.717, 1.165) is 22.6 Å². The highest BCUT2D eigenvalue weighted by atomic mass is 32.1. The van der Waals surface area contributed by atoms with Crippen LogP contribution in [0.1, 0.15) is 11.1 Å². The van der Waals surface area contributed by atoms with Gasteiger partial charge >= 0.3 is 0 Å². The molecule has 2 aromatic carbocycles. The molecule has 3 rings (SSSR count). The van der Waals surface area contributed by atoms with Crippen molar-refractivity contribution in [3.05, 3.63) is 71.1 Å². The lowest BCUT2D eigenvalue weighted by Crippen LogP contribution is -2.07. The van der Waals surface area contributed by atoms with Crippen LogP contribution in [0.15, 0.2) is 60.0 Å². The van der Waals surface area contributed by atoms with Gasteiger partial charge in [0.2, 0.25) is 5.91 Å². The van der Waals surface area contributed by atoms with Crippen molar-refractivity contribution in [2.45, 2.75) is 6.92 Å². The fourth-order valence-corrected chi connectivity index (χ4v) is 2.94. The Kier molecular flexibility index (Phi) is 5.26. The fraction of sp³-hybridized carbons (Fsp3) is 0.100. The minimum atomic E-state index is -0.208. The molecule has 0 atom stereocenters. The van der Waals surface area contributed by atoms with Gasteiger partial charge in [-0.1, -0.05) is 42.0 Å². The molecule has 0 bridgehead atoms. The minimum absolute atomic E-state index is 0.208. The third-order valence-corrected chi connectivity index (χ3v) is 4.38. The van der Waals surface area contributed by atoms with Crippen LogP contribution in [0.25, 0.3) is 17.3 Å². The Labute approximate surface area is 150 Å². The second-order valence-electron chi connectivity index (χ2n) is 5.50. The third kappa shape index (κ3) is 4.55. The molecule has 1 amide bonds. The Balaban J connectivity index is 1.63. The quantitative estimate of drug-likeness (QED) is 0.674. The van der Waals surface area contributed by atoms with Crippen LogP contribution in [0.4, 0.5) is 5.13 Å². The first-order valence-corrected chi connectivity index (χ1v) is 8.68. The zero-order chi connectivity index (χ0) is 17.6. The van der Waals surface area contributed by atoms with Gasteiger partial charge < -0.3 is 4.74 Å². The van der Waals surface area contributed by atoms with Crippen LogP contribution < -0.4 is 10.1 Å². The number of aromatic nitrogens is 1. The first kappa shape index (κ1) is 16.9. The smallest absolute Gasteiger partial charge is 0.250 e. The zero-order valence-electron chi connectivity index (χ0n) is 14.0. The molecule has 0 spiro atoms. The molecule has 4 nitrogen and oxygen atoms in total. The average Bonchev–Trinajstić information content (AvgIpc) is 3.09. The number of carbonyl (C=O) groups is 1. The largest absolute Gasteiger partial charge is 0.497 e. The molecule has 1 heterocycles. The van der Waals surface area contributed by atoms with Crippen LogP contribution >= 0.6 is 11.3 Å². The summed E-state index contributed by atoms with van der Waals surface area (Å²) in [5.74, 6) is 0.577. The van der Waals surface area contributed by atoms with Crippen molar-refractivity contribution >= 4 is 28.5 Å². The van der Waals surface area contributed by atoms with Crippen LogP contribution in [-0.2, 0) is 4.79 Å². The summed E-state index contributed by atoms with van der Waals surface area (Å²) >= 11 is 1.41. The highest BCUT2D eigenvalue weighted by Gasteiger charge is 2.06. The van der Waals surface area contributed by atoms with Gasteiger partial charge in [0.15, 0.2) is 5.13 Å². The number of methoxy groups -OCH3 is 1. The molecule has 3 aromatic rings. The summed E-state index contributed by atoms with van der Waals surface area (Å²) in [7, 11) is 1.62. The van der Waals surface area contributed by atoms with E-state index < -0.39 is 0 Å². The van der Waals surface area contributed by atoms with Gasteiger partial charge in [0.1, 0.15) is 5.75 Å². The van der Waals surface area contributed by atoms with Gasteiger partial charge in [0, 0.05) is 17.0 Å². The van der Waals surface area contributed by atoms with Crippen molar-refractivity contribution in [1.82, 2.24) is 4.98 Å². The Morgan fingerprint density at radius 3 is 2.52 bits per heavy atom. The van der Waals surface area contributed by atoms with E-state index in [4.69, 9.17) is 4.74 Å². The summed E-state index contributed by atoms with van der Waals surface area (Å²) in [6.07, 6.45) is 3.25. The van der Waals surface area contributed by atoms with E-state index in [2.05, 4.69) is 10.3 Å². The number of thiazole rings is 1. The molecule has 1 aromatic heterocycles. The lowest BCUT2D eigenvalue weighted by molar-refractivity contribution is -0.111. The van der Waals surface area contributed by atoms with Crippen molar-refractivity contribution < 1.29 is 9.53 Å². The monoisotopic (exact) mass is 350 g/mol. The maximum atomic E-state index is 12.0. The van der Waals surface area contributed by atoms with E-state index in [0.29, 0.717) is 5.13 Å². The molecule has 0 saturated carbocycles. The van der Waals surface area contributed by atoms with Crippen LogP contribution in [0.3, 0.4) is 0 Å². The zero-order valence-corrected chi connectivity index (χ0v) is 14.8. The number of nitrogens with zero attached hydrogens (tertiary/aromatic N) is 1. The first-order chi connectivity index (χ1) is 12.1. The molecular formula is C20H18N2O2S. The van der Waals surface area contributed by atoms with Crippen LogP contribution in [-0.4, -0.2) is 18.0 Å². The van der Waals surface area contributed by atoms with Gasteiger partial charge in [-0.3, -0.25) is 10.1 Å². The van der Waals surface area contributed by atoms with E-state index in [1.165, 1.54) is 23.0 Å². The van der Waals surface area contributed by atoms with Crippen LogP contribution in [0, 0.1) is 6.92 Å². The molecule has 0 unspecified atom stereocenters. The van der Waals surface area contributed by atoms with Crippen molar-refractivity contribution in [1.29, 1.82) is 0 Å². The Morgan fingerprint density at radius 2 is 1.84 bits per heavy atom. The number of ether oxygens (including phenoxy) is 1. The fourth-order valence-electron chi connectivity index (χ4n) is 2.22. The maximum Gasteiger partial charge on any atom is 0.250 e. The van der Waals surface area contributed by atoms with Crippen molar-refractivity contribution in [2.24, 2.45) is 0 Å². The van der Waals surface area contributed by atoms with Gasteiger partial charge in [0.05, 0.1) is 12.8 Å². The first-order valence-electron chi connectivity index (χ1n) is 7.80. The molecule has 0 saturated heterocycles. The highest BCUT2D eigenvalue weighted by Crippen LogP contribution is 2.25. The number of hydrogen-bond donors (Lipinski definition) is 1. The normalized spacial score (nSPS) is 10.8. The van der Waals surface area contributed by atoms with Gasteiger partial charge in [-0.2, -0.15) is 0 Å². The SMILES string of the molecule is COc1ccc(C=CC(=O)Nc2nc(-c3ccc(C)cc3)cs2)cc1. The standard InChI is InChI=1S/C20H18N2O2S/c1-14-3-8-16(9-4-14)18-13-25-20(21-18)22-19(23)12-7-15-5-10-17(24-2)11-6-15/h3-13H,1-2H3,(H,21,22,23). The molecular weight excluding hydrogens is 332 g/mol. The molecule has 126 valence electrons. The van der Waals surface area contributed by atoms with E-state index in [1.807, 2.05) is 60.8 Å². The predicted octanol–water partition coefficient (Wildman–Crippen LogP) is 4.78. The third-order valence-electron chi connectivity index (χ3n) is 3.62. The van der Waals surface area contributed by atoms with Crippen molar-refractivity contribution in [3.63, 3.8) is 0 Å². The summed E-state index contributed by atoms with van der Waals surface area (Å²) in [5.41, 5.74) is 4.03. The second kappa shape index (κ2) is 7.77. The lowest BCUT2D eigenvalue weighted by Gasteiger charge is -1.99.